The van der Waals surface area contributed by atoms with Crippen LogP contribution in [0.4, 0.5) is 11.6 Å². The van der Waals surface area contributed by atoms with Crippen LogP contribution >= 0.6 is 11.8 Å². The van der Waals surface area contributed by atoms with E-state index in [1.54, 1.807) is 11.8 Å². The number of rotatable bonds is 9. The first-order chi connectivity index (χ1) is 9.23. The van der Waals surface area contributed by atoms with Gasteiger partial charge in [0.15, 0.2) is 5.16 Å². The molecule has 2 N–H and O–H groups in total. The van der Waals surface area contributed by atoms with Crippen molar-refractivity contribution in [1.29, 1.82) is 0 Å². The van der Waals surface area contributed by atoms with Crippen LogP contribution in [0, 0.1) is 0 Å². The van der Waals surface area contributed by atoms with E-state index in [2.05, 4.69) is 41.4 Å². The predicted molar refractivity (Wildman–Crippen MR) is 85.2 cm³/mol. The minimum atomic E-state index is 0.494. The number of anilines is 2. The Morgan fingerprint density at radius 3 is 2.47 bits per heavy atom. The second-order valence-corrected chi connectivity index (χ2v) is 5.36. The Morgan fingerprint density at radius 1 is 1.16 bits per heavy atom. The van der Waals surface area contributed by atoms with Crippen molar-refractivity contribution in [3.05, 3.63) is 6.07 Å². The smallest absolute Gasteiger partial charge is 0.191 e. The van der Waals surface area contributed by atoms with Gasteiger partial charge in [-0.1, -0.05) is 39.0 Å². The molecule has 4 nitrogen and oxygen atoms in total. The van der Waals surface area contributed by atoms with E-state index in [0.717, 1.165) is 36.2 Å². The predicted octanol–water partition coefficient (Wildman–Crippen LogP) is 4.01. The molecule has 19 heavy (non-hydrogen) atoms. The van der Waals surface area contributed by atoms with Crippen molar-refractivity contribution in [3.8, 4) is 0 Å². The van der Waals surface area contributed by atoms with Crippen LogP contribution in [0.5, 0.6) is 0 Å². The highest BCUT2D eigenvalue weighted by Crippen LogP contribution is 2.19. The molecule has 0 aliphatic carbocycles. The number of hydrogen-bond donors (Lipinski definition) is 2. The lowest BCUT2D eigenvalue weighted by atomic mass is 10.1. The number of nitrogens with one attached hydrogen (secondary N) is 2. The summed E-state index contributed by atoms with van der Waals surface area (Å²) in [5.41, 5.74) is 0. The van der Waals surface area contributed by atoms with E-state index in [1.807, 2.05) is 12.3 Å². The molecule has 5 heteroatoms. The fourth-order valence-corrected chi connectivity index (χ4v) is 2.25. The van der Waals surface area contributed by atoms with Gasteiger partial charge in [-0.3, -0.25) is 0 Å². The Kier molecular flexibility index (Phi) is 7.63. The van der Waals surface area contributed by atoms with Crippen molar-refractivity contribution in [2.75, 3.05) is 23.4 Å². The molecule has 0 spiro atoms. The first kappa shape index (κ1) is 16.1. The van der Waals surface area contributed by atoms with Crippen molar-refractivity contribution in [1.82, 2.24) is 9.97 Å². The van der Waals surface area contributed by atoms with Crippen LogP contribution in [0.1, 0.15) is 46.5 Å². The summed E-state index contributed by atoms with van der Waals surface area (Å²) < 4.78 is 0. The molecule has 108 valence electrons. The van der Waals surface area contributed by atoms with Gasteiger partial charge in [0.2, 0.25) is 0 Å². The minimum Gasteiger partial charge on any atom is -0.370 e. The summed E-state index contributed by atoms with van der Waals surface area (Å²) in [6.45, 7) is 7.51. The number of aromatic nitrogens is 2. The molecule has 0 bridgehead atoms. The number of nitrogens with zero attached hydrogens (tertiary/aromatic N) is 2. The molecule has 0 fully saturated rings. The van der Waals surface area contributed by atoms with Crippen LogP contribution in [-0.2, 0) is 0 Å². The lowest BCUT2D eigenvalue weighted by molar-refractivity contribution is 0.619. The minimum absolute atomic E-state index is 0.494. The average Bonchev–Trinajstić information content (AvgIpc) is 2.44. The fraction of sp³-hybridized carbons (Fsp3) is 0.714. The van der Waals surface area contributed by atoms with Crippen molar-refractivity contribution < 1.29 is 0 Å². The van der Waals surface area contributed by atoms with Crippen LogP contribution in [0.25, 0.3) is 0 Å². The maximum absolute atomic E-state index is 4.53. The molecule has 1 aromatic rings. The van der Waals surface area contributed by atoms with Crippen molar-refractivity contribution in [3.63, 3.8) is 0 Å². The van der Waals surface area contributed by atoms with Crippen molar-refractivity contribution in [2.45, 2.75) is 57.7 Å². The van der Waals surface area contributed by atoms with Crippen LogP contribution in [0.2, 0.25) is 0 Å². The maximum Gasteiger partial charge on any atom is 0.191 e. The van der Waals surface area contributed by atoms with E-state index in [-0.39, 0.29) is 0 Å². The highest BCUT2D eigenvalue weighted by atomic mass is 32.2. The average molecular weight is 282 g/mol. The number of thioether (sulfide) groups is 1. The molecule has 1 atom stereocenters. The standard InChI is InChI=1S/C14H26N4S/c1-5-8-11(7-3)16-13-10-12(15-9-6-2)17-14(18-13)19-4/h10-11H,5-9H2,1-4H3,(H2,15,16,17,18). The largest absolute Gasteiger partial charge is 0.370 e. The van der Waals surface area contributed by atoms with Crippen molar-refractivity contribution >= 4 is 23.4 Å². The quantitative estimate of drug-likeness (QED) is 0.529. The second kappa shape index (κ2) is 9.02. The Labute approximate surface area is 121 Å². The highest BCUT2D eigenvalue weighted by molar-refractivity contribution is 7.98. The highest BCUT2D eigenvalue weighted by Gasteiger charge is 2.08. The lowest BCUT2D eigenvalue weighted by Gasteiger charge is -2.17. The molecule has 1 aromatic heterocycles. The third kappa shape index (κ3) is 5.68. The van der Waals surface area contributed by atoms with Gasteiger partial charge >= 0.3 is 0 Å². The molecule has 0 aliphatic rings. The van der Waals surface area contributed by atoms with E-state index in [0.29, 0.717) is 6.04 Å². The van der Waals surface area contributed by atoms with Gasteiger partial charge < -0.3 is 10.6 Å². The summed E-state index contributed by atoms with van der Waals surface area (Å²) >= 11 is 1.58. The van der Waals surface area contributed by atoms with Gasteiger partial charge in [-0.25, -0.2) is 9.97 Å². The zero-order valence-corrected chi connectivity index (χ0v) is 13.3. The zero-order chi connectivity index (χ0) is 14.1. The summed E-state index contributed by atoms with van der Waals surface area (Å²) in [6, 6.07) is 2.50. The van der Waals surface area contributed by atoms with Crippen LogP contribution in [-0.4, -0.2) is 28.8 Å². The summed E-state index contributed by atoms with van der Waals surface area (Å²) in [5, 5.41) is 7.66. The van der Waals surface area contributed by atoms with Gasteiger partial charge in [-0.15, -0.1) is 0 Å². The van der Waals surface area contributed by atoms with E-state index in [4.69, 9.17) is 0 Å². The molecule has 1 unspecified atom stereocenters. The molecule has 0 saturated carbocycles. The summed E-state index contributed by atoms with van der Waals surface area (Å²) in [6.07, 6.45) is 6.57. The molecule has 0 aliphatic heterocycles. The SMILES string of the molecule is CCCNc1cc(NC(CC)CCC)nc(SC)n1. The molecular weight excluding hydrogens is 256 g/mol. The second-order valence-electron chi connectivity index (χ2n) is 4.59. The Balaban J connectivity index is 2.80. The third-order valence-electron chi connectivity index (χ3n) is 2.93. The Hall–Kier alpha value is -0.970. The van der Waals surface area contributed by atoms with Crippen LogP contribution in [0.15, 0.2) is 11.2 Å². The molecule has 0 saturated heterocycles. The van der Waals surface area contributed by atoms with Crippen LogP contribution < -0.4 is 10.6 Å². The molecule has 1 heterocycles. The Morgan fingerprint density at radius 2 is 1.89 bits per heavy atom. The molecule has 0 radical (unpaired) electrons. The zero-order valence-electron chi connectivity index (χ0n) is 12.5. The topological polar surface area (TPSA) is 49.8 Å². The van der Waals surface area contributed by atoms with E-state index >= 15 is 0 Å². The van der Waals surface area contributed by atoms with E-state index in [1.165, 1.54) is 12.8 Å². The maximum atomic E-state index is 4.53. The molecule has 1 rings (SSSR count). The first-order valence-corrected chi connectivity index (χ1v) is 8.39. The monoisotopic (exact) mass is 282 g/mol. The molecule has 0 amide bonds. The summed E-state index contributed by atoms with van der Waals surface area (Å²) in [5.74, 6) is 1.84. The molecular formula is C14H26N4S. The van der Waals surface area contributed by atoms with Gasteiger partial charge in [0.05, 0.1) is 0 Å². The van der Waals surface area contributed by atoms with Crippen molar-refractivity contribution in [2.24, 2.45) is 0 Å². The van der Waals surface area contributed by atoms with Crippen LogP contribution in [0.3, 0.4) is 0 Å². The van der Waals surface area contributed by atoms with Gasteiger partial charge in [-0.2, -0.15) is 0 Å². The lowest BCUT2D eigenvalue weighted by Crippen LogP contribution is -2.19. The van der Waals surface area contributed by atoms with E-state index < -0.39 is 0 Å². The fourth-order valence-electron chi connectivity index (χ4n) is 1.87. The summed E-state index contributed by atoms with van der Waals surface area (Å²) in [4.78, 5) is 9.00. The molecule has 0 aromatic carbocycles. The van der Waals surface area contributed by atoms with Gasteiger partial charge in [0.25, 0.3) is 0 Å². The first-order valence-electron chi connectivity index (χ1n) is 7.16. The third-order valence-corrected chi connectivity index (χ3v) is 3.47. The Bertz CT molecular complexity index is 370. The normalized spacial score (nSPS) is 12.2. The number of hydrogen-bond acceptors (Lipinski definition) is 5. The van der Waals surface area contributed by atoms with E-state index in [9.17, 15) is 0 Å². The van der Waals surface area contributed by atoms with Gasteiger partial charge in [0, 0.05) is 18.7 Å². The van der Waals surface area contributed by atoms with Gasteiger partial charge in [-0.05, 0) is 25.5 Å². The summed E-state index contributed by atoms with van der Waals surface area (Å²) in [7, 11) is 0. The van der Waals surface area contributed by atoms with Gasteiger partial charge in [0.1, 0.15) is 11.6 Å².